The number of carbonyl (C=O) groups is 2. The maximum Gasteiger partial charge on any atom is 0.410 e. The molecule has 1 atom stereocenters. The highest BCUT2D eigenvalue weighted by molar-refractivity contribution is 5.99. The molecule has 3 rings (SSSR count). The van der Waals surface area contributed by atoms with Crippen molar-refractivity contribution < 1.29 is 14.3 Å². The summed E-state index contributed by atoms with van der Waals surface area (Å²) in [4.78, 5) is 30.6. The van der Waals surface area contributed by atoms with Gasteiger partial charge in [-0.05, 0) is 46.6 Å². The average Bonchev–Trinajstić information content (AvgIpc) is 3.12. The van der Waals surface area contributed by atoms with E-state index in [2.05, 4.69) is 27.3 Å². The Kier molecular flexibility index (Phi) is 5.76. The van der Waals surface area contributed by atoms with E-state index >= 15 is 0 Å². The summed E-state index contributed by atoms with van der Waals surface area (Å²) in [6, 6.07) is 1.79. The number of likely N-dealkylation sites (tertiary alicyclic amines) is 1. The zero-order valence-electron chi connectivity index (χ0n) is 17.4. The van der Waals surface area contributed by atoms with Crippen molar-refractivity contribution in [1.82, 2.24) is 19.5 Å². The first-order valence-electron chi connectivity index (χ1n) is 9.70. The molecular formula is C20H28N6O3. The molecule has 1 fully saturated rings. The third-order valence-electron chi connectivity index (χ3n) is 4.61. The van der Waals surface area contributed by atoms with E-state index in [-0.39, 0.29) is 18.0 Å². The number of hydrogen-bond donors (Lipinski definition) is 2. The van der Waals surface area contributed by atoms with Gasteiger partial charge in [-0.3, -0.25) is 4.79 Å². The molecule has 3 heterocycles. The predicted molar refractivity (Wildman–Crippen MR) is 111 cm³/mol. The Labute approximate surface area is 170 Å². The quantitative estimate of drug-likeness (QED) is 0.765. The van der Waals surface area contributed by atoms with Gasteiger partial charge in [-0.2, -0.15) is 9.61 Å². The summed E-state index contributed by atoms with van der Waals surface area (Å²) in [5, 5.41) is 10.5. The molecule has 0 spiro atoms. The molecule has 0 aliphatic carbocycles. The van der Waals surface area contributed by atoms with Gasteiger partial charge in [-0.1, -0.05) is 6.58 Å². The molecule has 0 bridgehead atoms. The van der Waals surface area contributed by atoms with Crippen LogP contribution in [-0.4, -0.2) is 56.2 Å². The summed E-state index contributed by atoms with van der Waals surface area (Å²) in [5.74, 6) is 0.858. The van der Waals surface area contributed by atoms with Crippen LogP contribution in [0, 0.1) is 6.92 Å². The Balaban J connectivity index is 1.80. The molecular weight excluding hydrogens is 372 g/mol. The van der Waals surface area contributed by atoms with Gasteiger partial charge in [-0.15, -0.1) is 0 Å². The van der Waals surface area contributed by atoms with E-state index < -0.39 is 5.60 Å². The maximum absolute atomic E-state index is 12.4. The second-order valence-corrected chi connectivity index (χ2v) is 8.14. The second-order valence-electron chi connectivity index (χ2n) is 8.14. The number of fused-ring (bicyclic) bond motifs is 1. The summed E-state index contributed by atoms with van der Waals surface area (Å²) < 4.78 is 7.08. The molecule has 1 unspecified atom stereocenters. The molecule has 2 aromatic rings. The Morgan fingerprint density at radius 2 is 2.14 bits per heavy atom. The van der Waals surface area contributed by atoms with E-state index in [0.29, 0.717) is 30.4 Å². The lowest BCUT2D eigenvalue weighted by atomic mass is 10.1. The second kappa shape index (κ2) is 8.10. The Morgan fingerprint density at radius 1 is 1.38 bits per heavy atom. The average molecular weight is 400 g/mol. The van der Waals surface area contributed by atoms with Gasteiger partial charge in [0, 0.05) is 30.8 Å². The molecule has 2 N–H and O–H groups in total. The Hall–Kier alpha value is -3.10. The SMILES string of the molecule is C=CC(=O)Nc1c(C)c(NC2CCCN(C(=O)OC(C)(C)C)C2)nc2ccnn12. The van der Waals surface area contributed by atoms with Gasteiger partial charge < -0.3 is 20.3 Å². The van der Waals surface area contributed by atoms with Crippen LogP contribution in [0.3, 0.4) is 0 Å². The molecule has 9 heteroatoms. The van der Waals surface area contributed by atoms with Crippen LogP contribution in [0.2, 0.25) is 0 Å². The van der Waals surface area contributed by atoms with Gasteiger partial charge in [0.2, 0.25) is 5.91 Å². The van der Waals surface area contributed by atoms with E-state index in [1.807, 2.05) is 27.7 Å². The molecule has 1 saturated heterocycles. The fourth-order valence-corrected chi connectivity index (χ4v) is 3.26. The minimum Gasteiger partial charge on any atom is -0.444 e. The van der Waals surface area contributed by atoms with E-state index in [0.717, 1.165) is 18.4 Å². The molecule has 0 radical (unpaired) electrons. The molecule has 1 aliphatic rings. The highest BCUT2D eigenvalue weighted by Gasteiger charge is 2.28. The van der Waals surface area contributed by atoms with Crippen LogP contribution in [0.25, 0.3) is 5.65 Å². The van der Waals surface area contributed by atoms with Gasteiger partial charge in [-0.25, -0.2) is 9.78 Å². The minimum atomic E-state index is -0.527. The molecule has 1 aliphatic heterocycles. The number of nitrogens with zero attached hydrogens (tertiary/aromatic N) is 4. The molecule has 156 valence electrons. The number of hydrogen-bond acceptors (Lipinski definition) is 6. The van der Waals surface area contributed by atoms with Crippen molar-refractivity contribution in [2.75, 3.05) is 23.7 Å². The van der Waals surface area contributed by atoms with E-state index in [1.54, 1.807) is 21.7 Å². The van der Waals surface area contributed by atoms with Crippen molar-refractivity contribution in [2.45, 2.75) is 52.2 Å². The summed E-state index contributed by atoms with van der Waals surface area (Å²) in [6.45, 7) is 12.1. The fourth-order valence-electron chi connectivity index (χ4n) is 3.26. The number of rotatable bonds is 4. The number of carbonyl (C=O) groups excluding carboxylic acids is 2. The first kappa shape index (κ1) is 20.6. The zero-order valence-corrected chi connectivity index (χ0v) is 17.4. The summed E-state index contributed by atoms with van der Waals surface area (Å²) in [7, 11) is 0. The summed E-state index contributed by atoms with van der Waals surface area (Å²) in [5.41, 5.74) is 0.837. The molecule has 29 heavy (non-hydrogen) atoms. The zero-order chi connectivity index (χ0) is 21.2. The minimum absolute atomic E-state index is 0.0239. The number of nitrogens with one attached hydrogen (secondary N) is 2. The van der Waals surface area contributed by atoms with Crippen LogP contribution in [0.15, 0.2) is 24.9 Å². The van der Waals surface area contributed by atoms with Gasteiger partial charge in [0.05, 0.1) is 6.20 Å². The normalized spacial score (nSPS) is 17.1. The lowest BCUT2D eigenvalue weighted by molar-refractivity contribution is -0.111. The highest BCUT2D eigenvalue weighted by atomic mass is 16.6. The number of amides is 2. The van der Waals surface area contributed by atoms with Crippen molar-refractivity contribution in [3.05, 3.63) is 30.5 Å². The van der Waals surface area contributed by atoms with Gasteiger partial charge in [0.15, 0.2) is 5.65 Å². The van der Waals surface area contributed by atoms with Gasteiger partial charge >= 0.3 is 6.09 Å². The first-order chi connectivity index (χ1) is 13.7. The number of aromatic nitrogens is 3. The van der Waals surface area contributed by atoms with E-state index in [1.165, 1.54) is 6.08 Å². The third-order valence-corrected chi connectivity index (χ3v) is 4.61. The van der Waals surface area contributed by atoms with Crippen molar-refractivity contribution >= 4 is 29.3 Å². The molecule has 9 nitrogen and oxygen atoms in total. The third kappa shape index (κ3) is 4.85. The largest absolute Gasteiger partial charge is 0.444 e. The molecule has 2 amide bonds. The molecule has 0 aromatic carbocycles. The monoisotopic (exact) mass is 400 g/mol. The van der Waals surface area contributed by atoms with Gasteiger partial charge in [0.1, 0.15) is 17.2 Å². The summed E-state index contributed by atoms with van der Waals surface area (Å²) >= 11 is 0. The Morgan fingerprint density at radius 3 is 2.83 bits per heavy atom. The topological polar surface area (TPSA) is 101 Å². The Bertz CT molecular complexity index is 930. The van der Waals surface area contributed by atoms with Gasteiger partial charge in [0.25, 0.3) is 0 Å². The first-order valence-corrected chi connectivity index (χ1v) is 9.70. The van der Waals surface area contributed by atoms with Crippen LogP contribution in [0.5, 0.6) is 0 Å². The molecule has 0 saturated carbocycles. The van der Waals surface area contributed by atoms with E-state index in [4.69, 9.17) is 4.74 Å². The van der Waals surface area contributed by atoms with E-state index in [9.17, 15) is 9.59 Å². The van der Waals surface area contributed by atoms with Crippen LogP contribution in [0.4, 0.5) is 16.4 Å². The van der Waals surface area contributed by atoms with Crippen molar-refractivity contribution in [3.8, 4) is 0 Å². The van der Waals surface area contributed by atoms with Crippen LogP contribution >= 0.6 is 0 Å². The summed E-state index contributed by atoms with van der Waals surface area (Å²) in [6.07, 6.45) is 4.30. The predicted octanol–water partition coefficient (Wildman–Crippen LogP) is 2.97. The van der Waals surface area contributed by atoms with Crippen LogP contribution < -0.4 is 10.6 Å². The van der Waals surface area contributed by atoms with Crippen molar-refractivity contribution in [1.29, 1.82) is 0 Å². The fraction of sp³-hybridized carbons (Fsp3) is 0.500. The standard InChI is InChI=1S/C20H28N6O3/c1-6-16(27)24-18-13(2)17(23-15-9-10-21-26(15)18)22-14-8-7-11-25(12-14)19(28)29-20(3,4)5/h6,9-10,14H,1,7-8,11-12H2,2-5H3,(H,22,23)(H,24,27). The lowest BCUT2D eigenvalue weighted by Gasteiger charge is -2.34. The van der Waals surface area contributed by atoms with Crippen molar-refractivity contribution in [3.63, 3.8) is 0 Å². The smallest absolute Gasteiger partial charge is 0.410 e. The van der Waals surface area contributed by atoms with Crippen LogP contribution in [-0.2, 0) is 9.53 Å². The van der Waals surface area contributed by atoms with Crippen molar-refractivity contribution in [2.24, 2.45) is 0 Å². The number of ether oxygens (including phenoxy) is 1. The maximum atomic E-state index is 12.4. The molecule has 2 aromatic heterocycles. The lowest BCUT2D eigenvalue weighted by Crippen LogP contribution is -2.47. The number of piperidine rings is 1. The highest BCUT2D eigenvalue weighted by Crippen LogP contribution is 2.25. The van der Waals surface area contributed by atoms with Crippen LogP contribution in [0.1, 0.15) is 39.2 Å². The number of anilines is 2.